The Morgan fingerprint density at radius 2 is 1.61 bits per heavy atom. The van der Waals surface area contributed by atoms with Crippen LogP contribution in [-0.2, 0) is 33.1 Å². The third kappa shape index (κ3) is 6.75. The summed E-state index contributed by atoms with van der Waals surface area (Å²) in [5, 5.41) is 11.8. The molecule has 2 aliphatic heterocycles. The van der Waals surface area contributed by atoms with E-state index in [0.29, 0.717) is 41.0 Å². The van der Waals surface area contributed by atoms with Crippen LogP contribution in [0.5, 0.6) is 5.75 Å². The smallest absolute Gasteiger partial charge is 0.343 e. The predicted molar refractivity (Wildman–Crippen MR) is 170 cm³/mol. The van der Waals surface area contributed by atoms with Gasteiger partial charge in [0.25, 0.3) is 5.56 Å². The molecule has 0 saturated heterocycles. The second-order valence-corrected chi connectivity index (χ2v) is 12.4. The number of carbonyl (C=O) groups excluding carboxylic acids is 2. The van der Waals surface area contributed by atoms with Crippen LogP contribution in [0.4, 0.5) is 0 Å². The summed E-state index contributed by atoms with van der Waals surface area (Å²) in [4.78, 5) is 43.4. The zero-order chi connectivity index (χ0) is 31.1. The van der Waals surface area contributed by atoms with Gasteiger partial charge in [-0.05, 0) is 37.1 Å². The molecular formula is C36H46N2O6. The van der Waals surface area contributed by atoms with E-state index in [-0.39, 0.29) is 35.7 Å². The van der Waals surface area contributed by atoms with Gasteiger partial charge in [-0.15, -0.1) is 0 Å². The summed E-state index contributed by atoms with van der Waals surface area (Å²) >= 11 is 0. The highest BCUT2D eigenvalue weighted by molar-refractivity contribution is 5.91. The molecule has 8 heteroatoms. The first-order chi connectivity index (χ1) is 21.4. The van der Waals surface area contributed by atoms with Crippen molar-refractivity contribution in [1.82, 2.24) is 9.55 Å². The number of esters is 2. The second kappa shape index (κ2) is 14.5. The standard InChI is InChI=1S/C36H46N2O6/c1-3-5-6-7-8-9-10-11-12-13-14-15-16-20-32(39)44-31-19-17-18-29-26(31)21-25-23-38-30(33(25)37-29)22-28-27(34(38)40)24-43-35(41)36(28,42)4-2/h17-19,21-22,42H,3-16,20,23-24H2,1-2H3. The van der Waals surface area contributed by atoms with E-state index in [9.17, 15) is 19.5 Å². The Hall–Kier alpha value is -3.52. The summed E-state index contributed by atoms with van der Waals surface area (Å²) in [5.74, 6) is -0.539. The van der Waals surface area contributed by atoms with Crippen LogP contribution in [0, 0.1) is 0 Å². The fourth-order valence-corrected chi connectivity index (χ4v) is 6.53. The molecule has 44 heavy (non-hydrogen) atoms. The zero-order valence-corrected chi connectivity index (χ0v) is 26.3. The van der Waals surface area contributed by atoms with Crippen molar-refractivity contribution in [3.63, 3.8) is 0 Å². The molecule has 2 aliphatic rings. The number of unbranched alkanes of at least 4 members (excludes halogenated alkanes) is 12. The number of aromatic nitrogens is 2. The number of pyridine rings is 2. The molecule has 0 radical (unpaired) electrons. The fourth-order valence-electron chi connectivity index (χ4n) is 6.53. The minimum Gasteiger partial charge on any atom is -0.458 e. The number of fused-ring (bicyclic) bond motifs is 5. The lowest BCUT2D eigenvalue weighted by atomic mass is 9.86. The van der Waals surface area contributed by atoms with Crippen LogP contribution >= 0.6 is 0 Å². The van der Waals surface area contributed by atoms with E-state index < -0.39 is 11.6 Å². The Balaban J connectivity index is 1.16. The lowest BCUT2D eigenvalue weighted by Gasteiger charge is -2.31. The average molecular weight is 603 g/mol. The molecule has 3 aromatic rings. The first-order valence-corrected chi connectivity index (χ1v) is 16.7. The van der Waals surface area contributed by atoms with E-state index in [1.165, 1.54) is 64.2 Å². The van der Waals surface area contributed by atoms with Gasteiger partial charge in [-0.1, -0.05) is 97.0 Å². The SMILES string of the molecule is CCCCCCCCCCCCCCCC(=O)Oc1cccc2nc3c(cc12)Cn1c-3cc2c(c1=O)COC(=O)C2(O)CC. The summed E-state index contributed by atoms with van der Waals surface area (Å²) < 4.78 is 12.6. The first kappa shape index (κ1) is 31.9. The molecule has 8 nitrogen and oxygen atoms in total. The van der Waals surface area contributed by atoms with E-state index in [1.807, 2.05) is 12.1 Å². The van der Waals surface area contributed by atoms with Gasteiger partial charge in [0.1, 0.15) is 12.4 Å². The molecule has 1 aromatic carbocycles. The number of carbonyl (C=O) groups is 2. The molecule has 1 unspecified atom stereocenters. The predicted octanol–water partition coefficient (Wildman–Crippen LogP) is 7.47. The average Bonchev–Trinajstić information content (AvgIpc) is 3.38. The van der Waals surface area contributed by atoms with Crippen molar-refractivity contribution in [2.45, 2.75) is 129 Å². The molecule has 0 spiro atoms. The van der Waals surface area contributed by atoms with E-state index >= 15 is 0 Å². The topological polar surface area (TPSA) is 108 Å². The lowest BCUT2D eigenvalue weighted by Crippen LogP contribution is -2.44. The molecule has 0 aliphatic carbocycles. The number of hydrogen-bond acceptors (Lipinski definition) is 7. The van der Waals surface area contributed by atoms with Crippen LogP contribution in [-0.4, -0.2) is 26.6 Å². The lowest BCUT2D eigenvalue weighted by molar-refractivity contribution is -0.172. The van der Waals surface area contributed by atoms with Crippen molar-refractivity contribution >= 4 is 22.8 Å². The summed E-state index contributed by atoms with van der Waals surface area (Å²) in [5.41, 5.74) is 1.03. The van der Waals surface area contributed by atoms with Crippen LogP contribution in [0.2, 0.25) is 0 Å². The summed E-state index contributed by atoms with van der Waals surface area (Å²) in [6.45, 7) is 4.06. The molecule has 4 heterocycles. The van der Waals surface area contributed by atoms with Gasteiger partial charge in [-0.2, -0.15) is 0 Å². The molecule has 0 amide bonds. The van der Waals surface area contributed by atoms with Crippen molar-refractivity contribution in [2.75, 3.05) is 0 Å². The Morgan fingerprint density at radius 3 is 2.27 bits per heavy atom. The van der Waals surface area contributed by atoms with Gasteiger partial charge in [-0.25, -0.2) is 9.78 Å². The maximum atomic E-state index is 13.4. The fraction of sp³-hybridized carbons (Fsp3) is 0.556. The van der Waals surface area contributed by atoms with Crippen LogP contribution in [0.25, 0.3) is 22.3 Å². The molecule has 0 fully saturated rings. The molecular weight excluding hydrogens is 556 g/mol. The van der Waals surface area contributed by atoms with Gasteiger partial charge < -0.3 is 19.1 Å². The Labute approximate surface area is 259 Å². The summed E-state index contributed by atoms with van der Waals surface area (Å²) in [6.07, 6.45) is 16.8. The van der Waals surface area contributed by atoms with Gasteiger partial charge in [0.05, 0.1) is 29.0 Å². The number of ether oxygens (including phenoxy) is 2. The molecule has 1 N–H and O–H groups in total. The number of rotatable bonds is 16. The van der Waals surface area contributed by atoms with E-state index in [1.54, 1.807) is 29.7 Å². The first-order valence-electron chi connectivity index (χ1n) is 16.7. The van der Waals surface area contributed by atoms with Gasteiger partial charge in [0.2, 0.25) is 0 Å². The maximum Gasteiger partial charge on any atom is 0.343 e. The Kier molecular flexibility index (Phi) is 10.5. The summed E-state index contributed by atoms with van der Waals surface area (Å²) in [7, 11) is 0. The van der Waals surface area contributed by atoms with Crippen molar-refractivity contribution < 1.29 is 24.2 Å². The van der Waals surface area contributed by atoms with Crippen LogP contribution in [0.15, 0.2) is 35.1 Å². The highest BCUT2D eigenvalue weighted by Gasteiger charge is 2.45. The number of benzene rings is 1. The van der Waals surface area contributed by atoms with Crippen LogP contribution in [0.3, 0.4) is 0 Å². The molecule has 5 rings (SSSR count). The van der Waals surface area contributed by atoms with Gasteiger partial charge >= 0.3 is 11.9 Å². The maximum absolute atomic E-state index is 13.4. The van der Waals surface area contributed by atoms with E-state index in [0.717, 1.165) is 24.8 Å². The quantitative estimate of drug-likeness (QED) is 0.0805. The van der Waals surface area contributed by atoms with Gasteiger partial charge in [-0.3, -0.25) is 9.59 Å². The number of nitrogens with zero attached hydrogens (tertiary/aromatic N) is 2. The number of hydrogen-bond donors (Lipinski definition) is 1. The van der Waals surface area contributed by atoms with Gasteiger partial charge in [0, 0.05) is 22.9 Å². The summed E-state index contributed by atoms with van der Waals surface area (Å²) in [6, 6.07) is 9.04. The van der Waals surface area contributed by atoms with E-state index in [4.69, 9.17) is 14.5 Å². The van der Waals surface area contributed by atoms with Crippen molar-refractivity contribution in [2.24, 2.45) is 0 Å². The van der Waals surface area contributed by atoms with Gasteiger partial charge in [0.15, 0.2) is 5.60 Å². The van der Waals surface area contributed by atoms with Crippen LogP contribution < -0.4 is 10.3 Å². The normalized spacial score (nSPS) is 16.8. The van der Waals surface area contributed by atoms with Crippen molar-refractivity contribution in [3.8, 4) is 17.1 Å². The second-order valence-electron chi connectivity index (χ2n) is 12.4. The molecule has 0 bridgehead atoms. The number of cyclic esters (lactones) is 1. The third-order valence-corrected chi connectivity index (χ3v) is 9.22. The third-order valence-electron chi connectivity index (χ3n) is 9.22. The Morgan fingerprint density at radius 1 is 0.955 bits per heavy atom. The molecule has 236 valence electrons. The monoisotopic (exact) mass is 602 g/mol. The Bertz CT molecular complexity index is 1560. The van der Waals surface area contributed by atoms with Crippen molar-refractivity contribution in [1.29, 1.82) is 0 Å². The minimum absolute atomic E-state index is 0.0910. The van der Waals surface area contributed by atoms with Crippen molar-refractivity contribution in [3.05, 3.63) is 57.4 Å². The highest BCUT2D eigenvalue weighted by Crippen LogP contribution is 2.39. The molecule has 2 aromatic heterocycles. The van der Waals surface area contributed by atoms with Crippen LogP contribution in [0.1, 0.15) is 127 Å². The minimum atomic E-state index is -1.86. The zero-order valence-electron chi connectivity index (χ0n) is 26.3. The number of aliphatic hydroxyl groups is 1. The largest absolute Gasteiger partial charge is 0.458 e. The molecule has 0 saturated carbocycles. The molecule has 1 atom stereocenters. The highest BCUT2D eigenvalue weighted by atomic mass is 16.6. The van der Waals surface area contributed by atoms with E-state index in [2.05, 4.69) is 6.92 Å².